The molecular weight excluding hydrogens is 577 g/mol. The van der Waals surface area contributed by atoms with Crippen LogP contribution in [0.15, 0.2) is 41.3 Å². The summed E-state index contributed by atoms with van der Waals surface area (Å²) in [7, 11) is 0. The second kappa shape index (κ2) is 12.7. The maximum atomic E-state index is 13.2. The number of amides is 1. The molecule has 2 heterocycles. The van der Waals surface area contributed by atoms with Crippen LogP contribution in [0, 0.1) is 0 Å². The highest BCUT2D eigenvalue weighted by Crippen LogP contribution is 2.39. The molecule has 208 valence electrons. The average Bonchev–Trinajstić information content (AvgIpc) is 3.15. The SMILES string of the molecule is O=C(O)CCN1C(=O)/C(=C/c2cc(-c3ccc(C(F)(F)F)c(Cl)c3)ccc2OCCN2CCOCC2)SC1=S. The van der Waals surface area contributed by atoms with Gasteiger partial charge in [0, 0.05) is 31.7 Å². The monoisotopic (exact) mass is 600 g/mol. The van der Waals surface area contributed by atoms with Gasteiger partial charge in [0.2, 0.25) is 0 Å². The number of thiocarbonyl (C=S) groups is 1. The summed E-state index contributed by atoms with van der Waals surface area (Å²) >= 11 is 12.3. The number of alkyl halides is 3. The number of carbonyl (C=O) groups is 2. The van der Waals surface area contributed by atoms with E-state index in [0.29, 0.717) is 48.8 Å². The maximum Gasteiger partial charge on any atom is 0.417 e. The number of hydrogen-bond donors (Lipinski definition) is 1. The molecule has 2 aliphatic heterocycles. The molecule has 7 nitrogen and oxygen atoms in total. The molecule has 2 fully saturated rings. The number of thioether (sulfide) groups is 1. The molecular formula is C26H24ClF3N2O5S2. The first kappa shape index (κ1) is 29.3. The molecule has 2 aromatic carbocycles. The number of carboxylic acids is 1. The molecule has 0 spiro atoms. The molecule has 0 saturated carbocycles. The fraction of sp³-hybridized carbons (Fsp3) is 0.346. The Bertz CT molecular complexity index is 1300. The summed E-state index contributed by atoms with van der Waals surface area (Å²) in [5.41, 5.74) is 0.612. The van der Waals surface area contributed by atoms with Crippen LogP contribution in [0.3, 0.4) is 0 Å². The molecule has 1 N–H and O–H groups in total. The average molecular weight is 601 g/mol. The number of carbonyl (C=O) groups excluding carboxylic acids is 1. The lowest BCUT2D eigenvalue weighted by Crippen LogP contribution is -2.38. The van der Waals surface area contributed by atoms with Gasteiger partial charge >= 0.3 is 12.1 Å². The molecule has 2 saturated heterocycles. The lowest BCUT2D eigenvalue weighted by molar-refractivity contribution is -0.138. The highest BCUT2D eigenvalue weighted by Gasteiger charge is 2.34. The molecule has 1 amide bonds. The third kappa shape index (κ3) is 7.52. The van der Waals surface area contributed by atoms with E-state index in [2.05, 4.69) is 4.90 Å². The number of benzene rings is 2. The van der Waals surface area contributed by atoms with Crippen molar-refractivity contribution in [3.8, 4) is 16.9 Å². The zero-order valence-corrected chi connectivity index (χ0v) is 22.9. The summed E-state index contributed by atoms with van der Waals surface area (Å²) in [5, 5.41) is 8.55. The Morgan fingerprint density at radius 2 is 1.85 bits per heavy atom. The van der Waals surface area contributed by atoms with Crippen LogP contribution in [0.5, 0.6) is 5.75 Å². The van der Waals surface area contributed by atoms with Gasteiger partial charge in [0.05, 0.1) is 35.1 Å². The Morgan fingerprint density at radius 1 is 1.15 bits per heavy atom. The Morgan fingerprint density at radius 3 is 2.51 bits per heavy atom. The molecule has 0 aromatic heterocycles. The number of halogens is 4. The molecule has 2 aliphatic rings. The number of ether oxygens (including phenoxy) is 2. The van der Waals surface area contributed by atoms with Crippen LogP contribution in [0.25, 0.3) is 17.2 Å². The van der Waals surface area contributed by atoms with Crippen LogP contribution in [0.2, 0.25) is 5.02 Å². The third-order valence-electron chi connectivity index (χ3n) is 6.10. The zero-order valence-electron chi connectivity index (χ0n) is 20.5. The molecule has 0 unspecified atom stereocenters. The van der Waals surface area contributed by atoms with Gasteiger partial charge in [-0.3, -0.25) is 19.4 Å². The van der Waals surface area contributed by atoms with E-state index >= 15 is 0 Å². The largest absolute Gasteiger partial charge is 0.492 e. The summed E-state index contributed by atoms with van der Waals surface area (Å²) in [6.07, 6.45) is -3.23. The second-order valence-electron chi connectivity index (χ2n) is 8.72. The van der Waals surface area contributed by atoms with Gasteiger partial charge in [0.25, 0.3) is 5.91 Å². The highest BCUT2D eigenvalue weighted by atomic mass is 35.5. The molecule has 13 heteroatoms. The van der Waals surface area contributed by atoms with Gasteiger partial charge in [0.1, 0.15) is 16.7 Å². The van der Waals surface area contributed by atoms with Crippen molar-refractivity contribution in [3.63, 3.8) is 0 Å². The van der Waals surface area contributed by atoms with Crippen LogP contribution in [0.4, 0.5) is 13.2 Å². The van der Waals surface area contributed by atoms with Crippen molar-refractivity contribution in [1.29, 1.82) is 0 Å². The molecule has 4 rings (SSSR count). The van der Waals surface area contributed by atoms with E-state index < -0.39 is 28.6 Å². The fourth-order valence-electron chi connectivity index (χ4n) is 4.05. The van der Waals surface area contributed by atoms with Crippen molar-refractivity contribution < 1.29 is 37.3 Å². The zero-order chi connectivity index (χ0) is 28.2. The van der Waals surface area contributed by atoms with Gasteiger partial charge in [-0.25, -0.2) is 0 Å². The number of nitrogens with zero attached hydrogens (tertiary/aromatic N) is 2. The van der Waals surface area contributed by atoms with E-state index in [9.17, 15) is 22.8 Å². The third-order valence-corrected chi connectivity index (χ3v) is 7.79. The van der Waals surface area contributed by atoms with E-state index in [-0.39, 0.29) is 22.2 Å². The normalized spacial score (nSPS) is 17.7. The first-order chi connectivity index (χ1) is 18.5. The quantitative estimate of drug-likeness (QED) is 0.302. The van der Waals surface area contributed by atoms with Crippen molar-refractivity contribution in [2.75, 3.05) is 46.0 Å². The molecule has 0 bridgehead atoms. The van der Waals surface area contributed by atoms with Gasteiger partial charge in [0.15, 0.2) is 0 Å². The summed E-state index contributed by atoms with van der Waals surface area (Å²) in [6, 6.07) is 8.60. The van der Waals surface area contributed by atoms with E-state index in [0.717, 1.165) is 30.9 Å². The van der Waals surface area contributed by atoms with Crippen molar-refractivity contribution in [1.82, 2.24) is 9.80 Å². The van der Waals surface area contributed by atoms with Crippen LogP contribution in [-0.2, 0) is 20.5 Å². The van der Waals surface area contributed by atoms with Gasteiger partial charge < -0.3 is 14.6 Å². The topological polar surface area (TPSA) is 79.3 Å². The molecule has 39 heavy (non-hydrogen) atoms. The number of hydrogen-bond acceptors (Lipinski definition) is 7. The number of carboxylic acid groups (broad SMARTS) is 1. The van der Waals surface area contributed by atoms with Crippen molar-refractivity contribution in [2.45, 2.75) is 12.6 Å². The number of morpholine rings is 1. The minimum absolute atomic E-state index is 0.0513. The Labute approximate surface area is 237 Å². The summed E-state index contributed by atoms with van der Waals surface area (Å²) in [4.78, 5) is 27.7. The summed E-state index contributed by atoms with van der Waals surface area (Å²) < 4.78 is 51.2. The standard InChI is InChI=1S/C26H24ClF3N2O5S2/c27-20-14-17(1-3-19(20)26(28,29)30)16-2-4-21(37-12-9-31-7-10-36-11-8-31)18(13-16)15-22-24(35)32(25(38)39-22)6-5-23(33)34/h1-4,13-15H,5-12H2,(H,33,34)/b22-15-. The lowest BCUT2D eigenvalue weighted by Gasteiger charge is -2.26. The second-order valence-corrected chi connectivity index (χ2v) is 10.8. The van der Waals surface area contributed by atoms with Crippen molar-refractivity contribution in [3.05, 3.63) is 57.5 Å². The van der Waals surface area contributed by atoms with Crippen LogP contribution in [-0.4, -0.2) is 77.1 Å². The summed E-state index contributed by atoms with van der Waals surface area (Å²) in [6.45, 7) is 3.87. The minimum atomic E-state index is -4.58. The van der Waals surface area contributed by atoms with E-state index in [4.69, 9.17) is 38.4 Å². The fourth-order valence-corrected chi connectivity index (χ4v) is 5.63. The van der Waals surface area contributed by atoms with Crippen LogP contribution in [0.1, 0.15) is 17.5 Å². The molecule has 2 aromatic rings. The highest BCUT2D eigenvalue weighted by molar-refractivity contribution is 8.26. The number of aliphatic carboxylic acids is 1. The maximum absolute atomic E-state index is 13.2. The van der Waals surface area contributed by atoms with E-state index in [1.54, 1.807) is 24.3 Å². The Balaban J connectivity index is 1.63. The van der Waals surface area contributed by atoms with E-state index in [1.165, 1.54) is 17.0 Å². The molecule has 0 aliphatic carbocycles. The predicted molar refractivity (Wildman–Crippen MR) is 147 cm³/mol. The first-order valence-corrected chi connectivity index (χ1v) is 13.5. The van der Waals surface area contributed by atoms with E-state index in [1.807, 2.05) is 0 Å². The smallest absolute Gasteiger partial charge is 0.417 e. The number of rotatable bonds is 9. The van der Waals surface area contributed by atoms with Crippen molar-refractivity contribution >= 4 is 57.9 Å². The van der Waals surface area contributed by atoms with Gasteiger partial charge in [-0.05, 0) is 41.5 Å². The van der Waals surface area contributed by atoms with Crippen LogP contribution >= 0.6 is 35.6 Å². The summed E-state index contributed by atoms with van der Waals surface area (Å²) in [5.74, 6) is -0.999. The Hall–Kier alpha value is -2.64. The minimum Gasteiger partial charge on any atom is -0.492 e. The van der Waals surface area contributed by atoms with Gasteiger partial charge in [-0.1, -0.05) is 47.7 Å². The lowest BCUT2D eigenvalue weighted by atomic mass is 10.0. The van der Waals surface area contributed by atoms with Crippen molar-refractivity contribution in [2.24, 2.45) is 0 Å². The Kier molecular flexibility index (Phi) is 9.55. The molecule has 0 radical (unpaired) electrons. The van der Waals surface area contributed by atoms with Crippen LogP contribution < -0.4 is 4.74 Å². The van der Waals surface area contributed by atoms with Gasteiger partial charge in [-0.2, -0.15) is 13.2 Å². The van der Waals surface area contributed by atoms with Gasteiger partial charge in [-0.15, -0.1) is 0 Å². The molecule has 0 atom stereocenters. The predicted octanol–water partition coefficient (Wildman–Crippen LogP) is 5.41. The first-order valence-electron chi connectivity index (χ1n) is 11.9.